The second-order valence-electron chi connectivity index (χ2n) is 11.0. The molecule has 1 saturated heterocycles. The summed E-state index contributed by atoms with van der Waals surface area (Å²) in [5.74, 6) is 2.04. The fraction of sp³-hybridized carbons (Fsp3) is 0.257. The van der Waals surface area contributed by atoms with Gasteiger partial charge in [-0.25, -0.2) is 13.3 Å². The SMILES string of the molecule is [C-]#[N+]c1ccc(CN(Cc2ccc(Oc3cc(C#N)cc(OCC4CCOC4)c3)cc2)c2cccc(NS(C)(=O)=O)c2C)cc1. The normalized spacial score (nSPS) is 14.3. The third-order valence-electron chi connectivity index (χ3n) is 7.43. The van der Waals surface area contributed by atoms with Crippen LogP contribution in [0.1, 0.15) is 28.7 Å². The summed E-state index contributed by atoms with van der Waals surface area (Å²) >= 11 is 0. The van der Waals surface area contributed by atoms with Gasteiger partial charge < -0.3 is 19.1 Å². The van der Waals surface area contributed by atoms with Crippen LogP contribution in [0.25, 0.3) is 4.85 Å². The lowest BCUT2D eigenvalue weighted by Crippen LogP contribution is -2.23. The zero-order valence-corrected chi connectivity index (χ0v) is 26.0. The summed E-state index contributed by atoms with van der Waals surface area (Å²) in [5.41, 5.74) is 5.24. The first-order valence-electron chi connectivity index (χ1n) is 14.5. The Morgan fingerprint density at radius 2 is 1.69 bits per heavy atom. The molecule has 0 aliphatic carbocycles. The third kappa shape index (κ3) is 8.76. The van der Waals surface area contributed by atoms with Crippen LogP contribution in [0.4, 0.5) is 17.1 Å². The Morgan fingerprint density at radius 3 is 2.31 bits per heavy atom. The Labute approximate surface area is 264 Å². The largest absolute Gasteiger partial charge is 0.493 e. The van der Waals surface area contributed by atoms with E-state index in [-0.39, 0.29) is 0 Å². The van der Waals surface area contributed by atoms with E-state index in [1.807, 2.05) is 55.5 Å². The van der Waals surface area contributed by atoms with Gasteiger partial charge in [0.25, 0.3) is 0 Å². The van der Waals surface area contributed by atoms with Gasteiger partial charge in [0.2, 0.25) is 10.0 Å². The fourth-order valence-corrected chi connectivity index (χ4v) is 5.75. The number of benzene rings is 4. The van der Waals surface area contributed by atoms with Gasteiger partial charge in [-0.3, -0.25) is 4.72 Å². The van der Waals surface area contributed by atoms with E-state index in [1.54, 1.807) is 36.4 Å². The highest BCUT2D eigenvalue weighted by molar-refractivity contribution is 7.92. The van der Waals surface area contributed by atoms with E-state index in [0.717, 1.165) is 41.7 Å². The quantitative estimate of drug-likeness (QED) is 0.167. The van der Waals surface area contributed by atoms with Gasteiger partial charge in [0.05, 0.1) is 43.4 Å². The smallest absolute Gasteiger partial charge is 0.229 e. The topological polar surface area (TPSA) is 105 Å². The van der Waals surface area contributed by atoms with Crippen LogP contribution in [0, 0.1) is 30.7 Å². The van der Waals surface area contributed by atoms with E-state index in [1.165, 1.54) is 0 Å². The average Bonchev–Trinajstić information content (AvgIpc) is 3.55. The molecular weight excluding hydrogens is 588 g/mol. The van der Waals surface area contributed by atoms with Gasteiger partial charge in [-0.1, -0.05) is 42.5 Å². The van der Waals surface area contributed by atoms with Crippen molar-refractivity contribution in [1.82, 2.24) is 0 Å². The number of anilines is 2. The maximum absolute atomic E-state index is 12.0. The van der Waals surface area contributed by atoms with Crippen LogP contribution < -0.4 is 19.1 Å². The zero-order valence-electron chi connectivity index (χ0n) is 25.2. The van der Waals surface area contributed by atoms with Crippen molar-refractivity contribution in [2.24, 2.45) is 5.92 Å². The molecule has 5 rings (SSSR count). The summed E-state index contributed by atoms with van der Waals surface area (Å²) in [5, 5.41) is 9.54. The van der Waals surface area contributed by atoms with Gasteiger partial charge in [0.1, 0.15) is 17.2 Å². The second-order valence-corrected chi connectivity index (χ2v) is 12.8. The number of hydrogen-bond acceptors (Lipinski definition) is 7. The molecule has 0 aromatic heterocycles. The molecule has 1 N–H and O–H groups in total. The van der Waals surface area contributed by atoms with Gasteiger partial charge in [0.15, 0.2) is 5.69 Å². The summed E-state index contributed by atoms with van der Waals surface area (Å²) in [4.78, 5) is 5.65. The molecule has 1 aliphatic heterocycles. The van der Waals surface area contributed by atoms with Gasteiger partial charge in [-0.2, -0.15) is 5.26 Å². The molecule has 10 heteroatoms. The second kappa shape index (κ2) is 14.2. The number of nitrogens with one attached hydrogen (secondary N) is 1. The van der Waals surface area contributed by atoms with Crippen LogP contribution in [-0.2, 0) is 27.8 Å². The first-order chi connectivity index (χ1) is 21.7. The number of sulfonamides is 1. The minimum Gasteiger partial charge on any atom is -0.493 e. The van der Waals surface area contributed by atoms with Gasteiger partial charge >= 0.3 is 0 Å². The van der Waals surface area contributed by atoms with Crippen molar-refractivity contribution in [3.63, 3.8) is 0 Å². The van der Waals surface area contributed by atoms with Gasteiger partial charge in [-0.15, -0.1) is 0 Å². The number of nitriles is 1. The van der Waals surface area contributed by atoms with E-state index < -0.39 is 10.0 Å². The number of rotatable bonds is 12. The lowest BCUT2D eigenvalue weighted by Gasteiger charge is -2.28. The first kappa shape index (κ1) is 31.4. The highest BCUT2D eigenvalue weighted by atomic mass is 32.2. The van der Waals surface area contributed by atoms with Crippen molar-refractivity contribution in [3.05, 3.63) is 119 Å². The summed E-state index contributed by atoms with van der Waals surface area (Å²) in [7, 11) is -3.45. The molecule has 1 atom stereocenters. The Morgan fingerprint density at radius 1 is 1.00 bits per heavy atom. The number of nitrogens with zero attached hydrogens (tertiary/aromatic N) is 3. The molecule has 0 saturated carbocycles. The summed E-state index contributed by atoms with van der Waals surface area (Å²) < 4.78 is 44.1. The predicted molar refractivity (Wildman–Crippen MR) is 174 cm³/mol. The standard InChI is InChI=1S/C35H34N4O5S/c1-25-34(38-45(3,40)41)5-4-6-35(25)39(21-26-7-11-30(37-2)12-8-26)22-27-9-13-31(14-10-27)44-33-18-29(20-36)17-32(19-33)43-24-28-15-16-42-23-28/h4-14,17-19,28,38H,15-16,21-24H2,1,3H3. The molecule has 4 aromatic rings. The summed E-state index contributed by atoms with van der Waals surface area (Å²) in [6.07, 6.45) is 2.10. The van der Waals surface area contributed by atoms with Crippen LogP contribution in [0.2, 0.25) is 0 Å². The van der Waals surface area contributed by atoms with Crippen LogP contribution in [0.5, 0.6) is 17.2 Å². The molecule has 1 heterocycles. The molecule has 0 spiro atoms. The van der Waals surface area contributed by atoms with Crippen molar-refractivity contribution in [3.8, 4) is 23.3 Å². The molecule has 1 unspecified atom stereocenters. The molecule has 230 valence electrons. The van der Waals surface area contributed by atoms with Crippen LogP contribution >= 0.6 is 0 Å². The lowest BCUT2D eigenvalue weighted by atomic mass is 10.1. The van der Waals surface area contributed by atoms with Crippen molar-refractivity contribution in [2.45, 2.75) is 26.4 Å². The zero-order chi connectivity index (χ0) is 31.8. The van der Waals surface area contributed by atoms with Crippen molar-refractivity contribution in [1.29, 1.82) is 5.26 Å². The van der Waals surface area contributed by atoms with E-state index in [2.05, 4.69) is 20.5 Å². The summed E-state index contributed by atoms with van der Waals surface area (Å²) in [6.45, 7) is 12.2. The lowest BCUT2D eigenvalue weighted by molar-refractivity contribution is 0.167. The minimum absolute atomic E-state index is 0.340. The predicted octanol–water partition coefficient (Wildman–Crippen LogP) is 7.20. The Hall–Kier alpha value is -5.03. The van der Waals surface area contributed by atoms with E-state index >= 15 is 0 Å². The molecule has 0 amide bonds. The van der Waals surface area contributed by atoms with Crippen molar-refractivity contribution in [2.75, 3.05) is 35.7 Å². The molecular formula is C35H34N4O5S. The van der Waals surface area contributed by atoms with E-state index in [4.69, 9.17) is 20.8 Å². The molecule has 1 aliphatic rings. The van der Waals surface area contributed by atoms with Crippen molar-refractivity contribution < 1.29 is 22.6 Å². The third-order valence-corrected chi connectivity index (χ3v) is 8.02. The van der Waals surface area contributed by atoms with Crippen molar-refractivity contribution >= 4 is 27.1 Å². The van der Waals surface area contributed by atoms with Gasteiger partial charge in [0, 0.05) is 37.4 Å². The summed E-state index contributed by atoms with van der Waals surface area (Å²) in [6, 6.07) is 28.0. The monoisotopic (exact) mass is 622 g/mol. The van der Waals surface area contributed by atoms with E-state index in [9.17, 15) is 13.7 Å². The fourth-order valence-electron chi connectivity index (χ4n) is 5.13. The highest BCUT2D eigenvalue weighted by Crippen LogP contribution is 2.32. The van der Waals surface area contributed by atoms with Crippen LogP contribution in [-0.4, -0.2) is 34.5 Å². The average molecular weight is 623 g/mol. The minimum atomic E-state index is -3.45. The van der Waals surface area contributed by atoms with Crippen LogP contribution in [0.3, 0.4) is 0 Å². The van der Waals surface area contributed by atoms with Crippen LogP contribution in [0.15, 0.2) is 84.9 Å². The number of ether oxygens (including phenoxy) is 3. The maximum atomic E-state index is 12.0. The highest BCUT2D eigenvalue weighted by Gasteiger charge is 2.18. The Balaban J connectivity index is 1.35. The van der Waals surface area contributed by atoms with Gasteiger partial charge in [-0.05, 0) is 66.4 Å². The molecule has 9 nitrogen and oxygen atoms in total. The van der Waals surface area contributed by atoms with E-state index in [0.29, 0.717) is 66.4 Å². The molecule has 0 radical (unpaired) electrons. The maximum Gasteiger partial charge on any atom is 0.229 e. The Kier molecular flexibility index (Phi) is 9.89. The Bertz CT molecular complexity index is 1820. The molecule has 1 fully saturated rings. The first-order valence-corrected chi connectivity index (χ1v) is 16.4. The molecule has 0 bridgehead atoms. The molecule has 45 heavy (non-hydrogen) atoms. The molecule has 4 aromatic carbocycles. The number of hydrogen-bond donors (Lipinski definition) is 1.